The number of amides is 1. The van der Waals surface area contributed by atoms with Crippen LogP contribution in [0.4, 0.5) is 0 Å². The van der Waals surface area contributed by atoms with Gasteiger partial charge in [0.1, 0.15) is 0 Å². The molecule has 0 unspecified atom stereocenters. The number of hydrogen-bond acceptors (Lipinski definition) is 1. The summed E-state index contributed by atoms with van der Waals surface area (Å²) in [7, 11) is 0. The number of halogens is 1. The molecule has 1 aromatic carbocycles. The van der Waals surface area contributed by atoms with Crippen molar-refractivity contribution in [3.05, 3.63) is 34.3 Å². The summed E-state index contributed by atoms with van der Waals surface area (Å²) < 4.78 is 0.912. The van der Waals surface area contributed by atoms with Gasteiger partial charge in [-0.3, -0.25) is 4.79 Å². The molecule has 1 aliphatic rings. The summed E-state index contributed by atoms with van der Waals surface area (Å²) in [6.07, 6.45) is 7.75. The van der Waals surface area contributed by atoms with Crippen LogP contribution in [-0.4, -0.2) is 23.9 Å². The van der Waals surface area contributed by atoms with E-state index in [4.69, 9.17) is 6.42 Å². The second kappa shape index (κ2) is 5.37. The van der Waals surface area contributed by atoms with Gasteiger partial charge in [0.15, 0.2) is 0 Å². The average molecular weight is 292 g/mol. The summed E-state index contributed by atoms with van der Waals surface area (Å²) in [4.78, 5) is 14.0. The summed E-state index contributed by atoms with van der Waals surface area (Å²) in [5.41, 5.74) is 0.690. The maximum atomic E-state index is 12.3. The molecule has 2 rings (SSSR count). The van der Waals surface area contributed by atoms with Crippen LogP contribution >= 0.6 is 15.9 Å². The van der Waals surface area contributed by atoms with Gasteiger partial charge in [0.05, 0.1) is 6.54 Å². The Balaban J connectivity index is 2.12. The monoisotopic (exact) mass is 291 g/mol. The van der Waals surface area contributed by atoms with E-state index in [1.165, 1.54) is 12.8 Å². The number of carbonyl (C=O) groups excluding carboxylic acids is 1. The van der Waals surface area contributed by atoms with Crippen molar-refractivity contribution in [2.45, 2.75) is 12.8 Å². The lowest BCUT2D eigenvalue weighted by Crippen LogP contribution is -2.33. The number of carbonyl (C=O) groups is 1. The van der Waals surface area contributed by atoms with Crippen LogP contribution in [0.15, 0.2) is 28.7 Å². The molecule has 1 saturated carbocycles. The molecule has 0 spiro atoms. The average Bonchev–Trinajstić information content (AvgIpc) is 3.11. The van der Waals surface area contributed by atoms with E-state index in [1.54, 1.807) is 4.90 Å². The maximum Gasteiger partial charge on any atom is 0.254 e. The van der Waals surface area contributed by atoms with Gasteiger partial charge in [0.25, 0.3) is 5.91 Å². The third-order valence-electron chi connectivity index (χ3n) is 2.82. The lowest BCUT2D eigenvalue weighted by molar-refractivity contribution is 0.0769. The Kier molecular flexibility index (Phi) is 3.86. The summed E-state index contributed by atoms with van der Waals surface area (Å²) in [5.74, 6) is 3.24. The standard InChI is InChI=1S/C14H14BrNO/c1-2-8-16(10-11-6-7-11)14(17)12-4-3-5-13(15)9-12/h1,3-5,9,11H,6-8,10H2. The Hall–Kier alpha value is -1.27. The van der Waals surface area contributed by atoms with Crippen LogP contribution in [0.25, 0.3) is 0 Å². The van der Waals surface area contributed by atoms with Gasteiger partial charge in [-0.15, -0.1) is 6.42 Å². The zero-order valence-electron chi connectivity index (χ0n) is 9.53. The highest BCUT2D eigenvalue weighted by Crippen LogP contribution is 2.30. The SMILES string of the molecule is C#CCN(CC1CC1)C(=O)c1cccc(Br)c1. The Morgan fingerprint density at radius 1 is 1.53 bits per heavy atom. The molecule has 3 heteroatoms. The normalized spacial score (nSPS) is 14.1. The molecule has 17 heavy (non-hydrogen) atoms. The molecule has 2 nitrogen and oxygen atoms in total. The van der Waals surface area contributed by atoms with Crippen molar-refractivity contribution in [3.8, 4) is 12.3 Å². The van der Waals surface area contributed by atoms with Crippen molar-refractivity contribution in [2.24, 2.45) is 5.92 Å². The van der Waals surface area contributed by atoms with Crippen LogP contribution in [0, 0.1) is 18.3 Å². The van der Waals surface area contributed by atoms with Crippen molar-refractivity contribution < 1.29 is 4.79 Å². The molecule has 0 radical (unpaired) electrons. The van der Waals surface area contributed by atoms with E-state index in [-0.39, 0.29) is 5.91 Å². The molecule has 1 amide bonds. The van der Waals surface area contributed by atoms with Gasteiger partial charge >= 0.3 is 0 Å². The zero-order chi connectivity index (χ0) is 12.3. The van der Waals surface area contributed by atoms with Crippen LogP contribution in [0.5, 0.6) is 0 Å². The van der Waals surface area contributed by atoms with E-state index in [0.29, 0.717) is 18.0 Å². The van der Waals surface area contributed by atoms with Gasteiger partial charge in [-0.1, -0.05) is 27.9 Å². The van der Waals surface area contributed by atoms with E-state index in [2.05, 4.69) is 21.9 Å². The lowest BCUT2D eigenvalue weighted by Gasteiger charge is -2.20. The van der Waals surface area contributed by atoms with Crippen molar-refractivity contribution in [1.82, 2.24) is 4.90 Å². The number of benzene rings is 1. The first-order valence-corrected chi connectivity index (χ1v) is 6.48. The van der Waals surface area contributed by atoms with Crippen molar-refractivity contribution >= 4 is 21.8 Å². The minimum Gasteiger partial charge on any atom is -0.327 e. The fraction of sp³-hybridized carbons (Fsp3) is 0.357. The predicted octanol–water partition coefficient (Wildman–Crippen LogP) is 2.93. The minimum atomic E-state index is 0.0242. The largest absolute Gasteiger partial charge is 0.327 e. The molecule has 0 aromatic heterocycles. The molecule has 88 valence electrons. The Labute approximate surface area is 110 Å². The van der Waals surface area contributed by atoms with E-state index < -0.39 is 0 Å². The van der Waals surface area contributed by atoms with Gasteiger partial charge in [0, 0.05) is 16.6 Å². The number of terminal acetylenes is 1. The van der Waals surface area contributed by atoms with E-state index in [9.17, 15) is 4.79 Å². The molecule has 0 atom stereocenters. The molecule has 0 aliphatic heterocycles. The van der Waals surface area contributed by atoms with Gasteiger partial charge in [-0.05, 0) is 37.0 Å². The van der Waals surface area contributed by atoms with E-state index in [1.807, 2.05) is 24.3 Å². The van der Waals surface area contributed by atoms with Crippen LogP contribution in [0.3, 0.4) is 0 Å². The number of hydrogen-bond donors (Lipinski definition) is 0. The zero-order valence-corrected chi connectivity index (χ0v) is 11.1. The molecule has 1 aromatic rings. The highest BCUT2D eigenvalue weighted by Gasteiger charge is 2.26. The molecular formula is C14H14BrNO. The van der Waals surface area contributed by atoms with Crippen molar-refractivity contribution in [2.75, 3.05) is 13.1 Å². The van der Waals surface area contributed by atoms with E-state index in [0.717, 1.165) is 11.0 Å². The summed E-state index contributed by atoms with van der Waals surface area (Å²) in [6.45, 7) is 1.18. The van der Waals surface area contributed by atoms with Gasteiger partial charge in [-0.25, -0.2) is 0 Å². The number of nitrogens with zero attached hydrogens (tertiary/aromatic N) is 1. The van der Waals surface area contributed by atoms with Crippen LogP contribution in [0.1, 0.15) is 23.2 Å². The van der Waals surface area contributed by atoms with Gasteiger partial charge < -0.3 is 4.90 Å². The topological polar surface area (TPSA) is 20.3 Å². The van der Waals surface area contributed by atoms with E-state index >= 15 is 0 Å². The molecule has 1 fully saturated rings. The fourth-order valence-electron chi connectivity index (χ4n) is 1.75. The fourth-order valence-corrected chi connectivity index (χ4v) is 2.14. The molecule has 0 heterocycles. The second-order valence-electron chi connectivity index (χ2n) is 4.34. The van der Waals surface area contributed by atoms with Crippen molar-refractivity contribution in [1.29, 1.82) is 0 Å². The quantitative estimate of drug-likeness (QED) is 0.781. The summed E-state index contributed by atoms with van der Waals surface area (Å²) >= 11 is 3.37. The van der Waals surface area contributed by atoms with Crippen LogP contribution < -0.4 is 0 Å². The lowest BCUT2D eigenvalue weighted by atomic mass is 10.2. The van der Waals surface area contributed by atoms with Gasteiger partial charge in [-0.2, -0.15) is 0 Å². The summed E-state index contributed by atoms with van der Waals surface area (Å²) in [5, 5.41) is 0. The molecule has 0 saturated heterocycles. The number of rotatable bonds is 4. The second-order valence-corrected chi connectivity index (χ2v) is 5.26. The smallest absolute Gasteiger partial charge is 0.254 e. The highest BCUT2D eigenvalue weighted by molar-refractivity contribution is 9.10. The first-order valence-electron chi connectivity index (χ1n) is 5.69. The third-order valence-corrected chi connectivity index (χ3v) is 3.31. The molecule has 0 bridgehead atoms. The van der Waals surface area contributed by atoms with Crippen LogP contribution in [0.2, 0.25) is 0 Å². The Morgan fingerprint density at radius 2 is 2.29 bits per heavy atom. The maximum absolute atomic E-state index is 12.3. The minimum absolute atomic E-state index is 0.0242. The molecule has 1 aliphatic carbocycles. The van der Waals surface area contributed by atoms with Gasteiger partial charge in [0.2, 0.25) is 0 Å². The third kappa shape index (κ3) is 3.34. The highest BCUT2D eigenvalue weighted by atomic mass is 79.9. The Morgan fingerprint density at radius 3 is 2.88 bits per heavy atom. The van der Waals surface area contributed by atoms with Crippen LogP contribution in [-0.2, 0) is 0 Å². The first-order chi connectivity index (χ1) is 8.20. The predicted molar refractivity (Wildman–Crippen MR) is 71.6 cm³/mol. The molecular weight excluding hydrogens is 278 g/mol. The first kappa shape index (κ1) is 12.2. The Bertz CT molecular complexity index is 460. The summed E-state index contributed by atoms with van der Waals surface area (Å²) in [6, 6.07) is 7.42. The molecule has 0 N–H and O–H groups in total. The van der Waals surface area contributed by atoms with Crippen molar-refractivity contribution in [3.63, 3.8) is 0 Å².